The molecule has 0 N–H and O–H groups in total. The molecular weight excluding hydrogens is 488 g/mol. The Hall–Kier alpha value is -4.16. The summed E-state index contributed by atoms with van der Waals surface area (Å²) < 4.78 is 13.0. The topological polar surface area (TPSA) is 74.3 Å². The molecule has 0 aliphatic rings. The van der Waals surface area contributed by atoms with Crippen LogP contribution in [0.4, 0.5) is 0 Å². The lowest BCUT2D eigenvalue weighted by Crippen LogP contribution is -2.17. The summed E-state index contributed by atoms with van der Waals surface area (Å²) in [6.07, 6.45) is 1.62. The highest BCUT2D eigenvalue weighted by Crippen LogP contribution is 2.31. The maximum absolute atomic E-state index is 13.4. The number of ether oxygens (including phenoxy) is 1. The average molecular weight is 513 g/mol. The molecule has 0 saturated carbocycles. The molecule has 0 radical (unpaired) electrons. The maximum atomic E-state index is 13.4. The van der Waals surface area contributed by atoms with Gasteiger partial charge in [0.05, 0.1) is 29.6 Å². The molecule has 5 aromatic rings. The smallest absolute Gasteiger partial charge is 0.339 e. The zero-order valence-corrected chi connectivity index (χ0v) is 21.5. The molecule has 3 heterocycles. The minimum absolute atomic E-state index is 0.266. The van der Waals surface area contributed by atoms with Crippen molar-refractivity contribution in [3.05, 3.63) is 112 Å². The minimum Gasteiger partial charge on any atom is -0.467 e. The van der Waals surface area contributed by atoms with Gasteiger partial charge in [-0.15, -0.1) is 0 Å². The highest BCUT2D eigenvalue weighted by Gasteiger charge is 2.23. The SMILES string of the molecule is Cc1c(-c2cccc(Cl)c2)nc2ccccc2c1C(=O)OCC(=O)c1cc(C)n(Cc2ccco2)c1C. The molecule has 37 heavy (non-hydrogen) atoms. The number of halogens is 1. The second-order valence-corrected chi connectivity index (χ2v) is 9.37. The monoisotopic (exact) mass is 512 g/mol. The predicted octanol–water partition coefficient (Wildman–Crippen LogP) is 6.96. The molecule has 0 unspecified atom stereocenters. The van der Waals surface area contributed by atoms with Gasteiger partial charge < -0.3 is 13.7 Å². The van der Waals surface area contributed by atoms with E-state index in [2.05, 4.69) is 0 Å². The summed E-state index contributed by atoms with van der Waals surface area (Å²) in [5, 5.41) is 1.24. The fourth-order valence-corrected chi connectivity index (χ4v) is 4.84. The number of pyridine rings is 1. The Morgan fingerprint density at radius 3 is 2.57 bits per heavy atom. The molecular formula is C30H25ClN2O4. The molecule has 0 aliphatic heterocycles. The first-order valence-electron chi connectivity index (χ1n) is 11.9. The van der Waals surface area contributed by atoms with E-state index in [0.717, 1.165) is 22.7 Å². The van der Waals surface area contributed by atoms with Crippen LogP contribution in [0, 0.1) is 20.8 Å². The number of benzene rings is 2. The van der Waals surface area contributed by atoms with E-state index in [1.807, 2.05) is 86.0 Å². The van der Waals surface area contributed by atoms with Gasteiger partial charge in [0.15, 0.2) is 6.61 Å². The fourth-order valence-electron chi connectivity index (χ4n) is 4.65. The van der Waals surface area contributed by atoms with Gasteiger partial charge in [0.2, 0.25) is 5.78 Å². The molecule has 0 spiro atoms. The normalized spacial score (nSPS) is 11.1. The van der Waals surface area contributed by atoms with Crippen molar-refractivity contribution < 1.29 is 18.7 Å². The molecule has 0 atom stereocenters. The van der Waals surface area contributed by atoms with Crippen molar-refractivity contribution in [2.75, 3.05) is 6.61 Å². The van der Waals surface area contributed by atoms with Gasteiger partial charge in [0, 0.05) is 32.9 Å². The van der Waals surface area contributed by atoms with E-state index < -0.39 is 5.97 Å². The van der Waals surface area contributed by atoms with Crippen LogP contribution >= 0.6 is 11.6 Å². The Morgan fingerprint density at radius 1 is 1.00 bits per heavy atom. The van der Waals surface area contributed by atoms with E-state index >= 15 is 0 Å². The molecule has 0 aliphatic carbocycles. The number of carbonyl (C=O) groups is 2. The Kier molecular flexibility index (Phi) is 6.68. The second kappa shape index (κ2) is 10.1. The molecule has 3 aromatic heterocycles. The van der Waals surface area contributed by atoms with E-state index in [-0.39, 0.29) is 12.4 Å². The number of carbonyl (C=O) groups excluding carboxylic acids is 2. The molecule has 0 amide bonds. The third-order valence-electron chi connectivity index (χ3n) is 6.54. The number of hydrogen-bond acceptors (Lipinski definition) is 5. The molecule has 5 rings (SSSR count). The molecule has 186 valence electrons. The Labute approximate surface area is 219 Å². The zero-order chi connectivity index (χ0) is 26.1. The summed E-state index contributed by atoms with van der Waals surface area (Å²) >= 11 is 6.21. The number of aryl methyl sites for hydroxylation is 1. The Bertz CT molecular complexity index is 1630. The number of nitrogens with zero attached hydrogens (tertiary/aromatic N) is 2. The van der Waals surface area contributed by atoms with Crippen LogP contribution in [0.25, 0.3) is 22.2 Å². The third kappa shape index (κ3) is 4.80. The highest BCUT2D eigenvalue weighted by molar-refractivity contribution is 6.30. The van der Waals surface area contributed by atoms with Gasteiger partial charge in [-0.05, 0) is 62.7 Å². The number of ketones is 1. The van der Waals surface area contributed by atoms with Gasteiger partial charge >= 0.3 is 5.97 Å². The van der Waals surface area contributed by atoms with Crippen molar-refractivity contribution in [2.24, 2.45) is 0 Å². The fraction of sp³-hybridized carbons (Fsp3) is 0.167. The van der Waals surface area contributed by atoms with Crippen LogP contribution in [0.3, 0.4) is 0 Å². The van der Waals surface area contributed by atoms with Gasteiger partial charge in [-0.1, -0.05) is 41.9 Å². The van der Waals surface area contributed by atoms with Gasteiger partial charge in [-0.3, -0.25) is 4.79 Å². The van der Waals surface area contributed by atoms with Gasteiger partial charge in [-0.2, -0.15) is 0 Å². The van der Waals surface area contributed by atoms with E-state index in [4.69, 9.17) is 25.7 Å². The summed E-state index contributed by atoms with van der Waals surface area (Å²) in [5.74, 6) is -0.0434. The van der Waals surface area contributed by atoms with Crippen LogP contribution in [0.2, 0.25) is 5.02 Å². The van der Waals surface area contributed by atoms with Crippen molar-refractivity contribution >= 4 is 34.3 Å². The lowest BCUT2D eigenvalue weighted by atomic mass is 9.98. The largest absolute Gasteiger partial charge is 0.467 e. The second-order valence-electron chi connectivity index (χ2n) is 8.94. The first-order chi connectivity index (χ1) is 17.8. The molecule has 0 saturated heterocycles. The summed E-state index contributed by atoms with van der Waals surface area (Å²) in [6.45, 7) is 5.79. The quantitative estimate of drug-likeness (QED) is 0.174. The molecule has 6 nitrogen and oxygen atoms in total. The van der Waals surface area contributed by atoms with Crippen molar-refractivity contribution in [2.45, 2.75) is 27.3 Å². The van der Waals surface area contributed by atoms with Crippen molar-refractivity contribution in [3.63, 3.8) is 0 Å². The van der Waals surface area contributed by atoms with E-state index in [0.29, 0.717) is 44.9 Å². The number of esters is 1. The molecule has 0 bridgehead atoms. The van der Waals surface area contributed by atoms with Crippen LogP contribution in [0.1, 0.15) is 43.4 Å². The Morgan fingerprint density at radius 2 is 1.81 bits per heavy atom. The number of para-hydroxylation sites is 1. The number of rotatable bonds is 7. The number of fused-ring (bicyclic) bond motifs is 1. The standard InChI is InChI=1S/C30H25ClN2O4/c1-18-14-25(20(3)33(18)16-23-10-7-13-36-23)27(34)17-37-30(35)28-19(2)29(21-8-6-9-22(31)15-21)32-26-12-5-4-11-24(26)28/h4-15H,16-17H2,1-3H3. The van der Waals surface area contributed by atoms with E-state index in [1.54, 1.807) is 12.3 Å². The van der Waals surface area contributed by atoms with Gasteiger partial charge in [0.1, 0.15) is 5.76 Å². The zero-order valence-electron chi connectivity index (χ0n) is 20.7. The van der Waals surface area contributed by atoms with Crippen LogP contribution in [0.5, 0.6) is 0 Å². The number of hydrogen-bond donors (Lipinski definition) is 0. The molecule has 7 heteroatoms. The lowest BCUT2D eigenvalue weighted by Gasteiger charge is -2.14. The first-order valence-corrected chi connectivity index (χ1v) is 12.3. The van der Waals surface area contributed by atoms with Crippen molar-refractivity contribution in [3.8, 4) is 11.3 Å². The first kappa shape index (κ1) is 24.5. The minimum atomic E-state index is -0.572. The molecule has 0 fully saturated rings. The lowest BCUT2D eigenvalue weighted by molar-refractivity contribution is 0.0475. The molecule has 2 aromatic carbocycles. The van der Waals surface area contributed by atoms with Crippen LogP contribution in [-0.4, -0.2) is 27.9 Å². The van der Waals surface area contributed by atoms with Gasteiger partial charge in [0.25, 0.3) is 0 Å². The highest BCUT2D eigenvalue weighted by atomic mass is 35.5. The summed E-state index contributed by atoms with van der Waals surface area (Å²) in [7, 11) is 0. The third-order valence-corrected chi connectivity index (χ3v) is 6.78. The predicted molar refractivity (Wildman–Crippen MR) is 143 cm³/mol. The summed E-state index contributed by atoms with van der Waals surface area (Å²) in [4.78, 5) is 31.3. The van der Waals surface area contributed by atoms with E-state index in [9.17, 15) is 9.59 Å². The van der Waals surface area contributed by atoms with E-state index in [1.165, 1.54) is 0 Å². The van der Waals surface area contributed by atoms with Crippen LogP contribution < -0.4 is 0 Å². The van der Waals surface area contributed by atoms with Crippen molar-refractivity contribution in [1.82, 2.24) is 9.55 Å². The van der Waals surface area contributed by atoms with Crippen molar-refractivity contribution in [1.29, 1.82) is 0 Å². The van der Waals surface area contributed by atoms with Crippen LogP contribution in [-0.2, 0) is 11.3 Å². The average Bonchev–Trinajstić information content (AvgIpc) is 3.50. The van der Waals surface area contributed by atoms with Crippen LogP contribution in [0.15, 0.2) is 77.4 Å². The summed E-state index contributed by atoms with van der Waals surface area (Å²) in [5.41, 5.74) is 5.38. The summed E-state index contributed by atoms with van der Waals surface area (Å²) in [6, 6.07) is 20.3. The van der Waals surface area contributed by atoms with Gasteiger partial charge in [-0.25, -0.2) is 9.78 Å². The maximum Gasteiger partial charge on any atom is 0.339 e. The number of Topliss-reactive ketones (excluding diaryl/α,β-unsaturated/α-hetero) is 1. The Balaban J connectivity index is 1.43. The number of furan rings is 1. The number of aromatic nitrogens is 2.